The zero-order valence-corrected chi connectivity index (χ0v) is 18.8. The Morgan fingerprint density at radius 2 is 1.76 bits per heavy atom. The molecule has 0 saturated carbocycles. The molecular formula is C21H29N3O3S2. The number of aryl methyl sites for hydroxylation is 1. The lowest BCUT2D eigenvalue weighted by Gasteiger charge is -2.34. The molecule has 0 radical (unpaired) electrons. The number of carbonyl (C=O) groups is 1. The van der Waals surface area contributed by atoms with E-state index in [0.717, 1.165) is 10.4 Å². The lowest BCUT2D eigenvalue weighted by atomic mass is 10.0. The molecule has 1 saturated heterocycles. The van der Waals surface area contributed by atoms with Crippen LogP contribution >= 0.6 is 11.3 Å². The molecule has 6 nitrogen and oxygen atoms in total. The number of benzene rings is 1. The molecule has 3 rings (SSSR count). The van der Waals surface area contributed by atoms with E-state index in [9.17, 15) is 13.2 Å². The van der Waals surface area contributed by atoms with Crippen molar-refractivity contribution in [1.82, 2.24) is 14.5 Å². The molecule has 0 bridgehead atoms. The van der Waals surface area contributed by atoms with E-state index in [4.69, 9.17) is 0 Å². The van der Waals surface area contributed by atoms with Gasteiger partial charge in [-0.15, -0.1) is 11.3 Å². The zero-order chi connectivity index (χ0) is 21.0. The van der Waals surface area contributed by atoms with Crippen molar-refractivity contribution in [3.8, 4) is 0 Å². The summed E-state index contributed by atoms with van der Waals surface area (Å²) in [5.41, 5.74) is 1.03. The fraction of sp³-hybridized carbons (Fsp3) is 0.476. The van der Waals surface area contributed by atoms with Crippen LogP contribution in [0.5, 0.6) is 0 Å². The highest BCUT2D eigenvalue weighted by atomic mass is 32.2. The van der Waals surface area contributed by atoms with Crippen molar-refractivity contribution in [1.29, 1.82) is 0 Å². The lowest BCUT2D eigenvalue weighted by molar-refractivity contribution is -0.123. The van der Waals surface area contributed by atoms with Crippen LogP contribution in [0.25, 0.3) is 0 Å². The van der Waals surface area contributed by atoms with Gasteiger partial charge in [0.25, 0.3) is 0 Å². The number of hydrogen-bond donors (Lipinski definition) is 1. The number of carbonyl (C=O) groups excluding carboxylic acids is 1. The van der Waals surface area contributed by atoms with Crippen LogP contribution < -0.4 is 5.32 Å². The molecule has 2 aromatic rings. The lowest BCUT2D eigenvalue weighted by Crippen LogP contribution is -2.51. The van der Waals surface area contributed by atoms with Crippen LogP contribution in [-0.4, -0.2) is 56.3 Å². The van der Waals surface area contributed by atoms with Gasteiger partial charge in [-0.05, 0) is 36.4 Å². The first-order valence-electron chi connectivity index (χ1n) is 9.89. The molecule has 1 aromatic heterocycles. The van der Waals surface area contributed by atoms with E-state index in [-0.39, 0.29) is 18.5 Å². The third kappa shape index (κ3) is 5.45. The van der Waals surface area contributed by atoms with Crippen LogP contribution in [0.2, 0.25) is 0 Å². The van der Waals surface area contributed by atoms with Crippen LogP contribution in [0, 0.1) is 12.8 Å². The van der Waals surface area contributed by atoms with Gasteiger partial charge in [0.15, 0.2) is 0 Å². The molecule has 1 unspecified atom stereocenters. The third-order valence-corrected chi connectivity index (χ3v) is 8.06. The number of thiophene rings is 1. The Morgan fingerprint density at radius 1 is 1.10 bits per heavy atom. The van der Waals surface area contributed by atoms with Gasteiger partial charge < -0.3 is 5.32 Å². The van der Waals surface area contributed by atoms with Gasteiger partial charge in [-0.2, -0.15) is 4.31 Å². The molecular weight excluding hydrogens is 406 g/mol. The second-order valence-electron chi connectivity index (χ2n) is 7.80. The van der Waals surface area contributed by atoms with Gasteiger partial charge in [0.2, 0.25) is 15.9 Å². The number of piperazine rings is 1. The van der Waals surface area contributed by atoms with Crippen LogP contribution in [0.1, 0.15) is 30.3 Å². The quantitative estimate of drug-likeness (QED) is 0.726. The summed E-state index contributed by atoms with van der Waals surface area (Å²) in [5, 5.41) is 5.16. The number of rotatable bonds is 7. The smallest absolute Gasteiger partial charge is 0.243 e. The summed E-state index contributed by atoms with van der Waals surface area (Å²) in [5.74, 6) is 0.279. The van der Waals surface area contributed by atoms with Crippen molar-refractivity contribution in [2.45, 2.75) is 31.7 Å². The number of hydrogen-bond acceptors (Lipinski definition) is 5. The van der Waals surface area contributed by atoms with Gasteiger partial charge in [-0.1, -0.05) is 37.6 Å². The minimum absolute atomic E-state index is 0.00528. The summed E-state index contributed by atoms with van der Waals surface area (Å²) in [6, 6.07) is 11.0. The van der Waals surface area contributed by atoms with Crippen LogP contribution in [0.15, 0.2) is 46.7 Å². The highest BCUT2D eigenvalue weighted by Gasteiger charge is 2.29. The molecule has 1 aliphatic heterocycles. The Hall–Kier alpha value is -1.74. The summed E-state index contributed by atoms with van der Waals surface area (Å²) in [6.07, 6.45) is 0. The molecule has 2 heterocycles. The van der Waals surface area contributed by atoms with Gasteiger partial charge in [0, 0.05) is 31.1 Å². The van der Waals surface area contributed by atoms with E-state index in [0.29, 0.717) is 37.0 Å². The Kier molecular flexibility index (Phi) is 7.10. The molecule has 158 valence electrons. The van der Waals surface area contributed by atoms with Crippen molar-refractivity contribution in [3.63, 3.8) is 0 Å². The fourth-order valence-electron chi connectivity index (χ4n) is 3.44. The summed E-state index contributed by atoms with van der Waals surface area (Å²) in [4.78, 5) is 16.1. The first kappa shape index (κ1) is 22.0. The Bertz CT molecular complexity index is 901. The van der Waals surface area contributed by atoms with Gasteiger partial charge in [-0.3, -0.25) is 9.69 Å². The van der Waals surface area contributed by atoms with Crippen molar-refractivity contribution in [2.24, 2.45) is 5.92 Å². The largest absolute Gasteiger partial charge is 0.347 e. The summed E-state index contributed by atoms with van der Waals surface area (Å²) in [7, 11) is -3.48. The molecule has 1 amide bonds. The predicted octanol–water partition coefficient (Wildman–Crippen LogP) is 2.88. The third-order valence-electron chi connectivity index (χ3n) is 5.19. The molecule has 1 fully saturated rings. The first-order chi connectivity index (χ1) is 13.8. The highest BCUT2D eigenvalue weighted by molar-refractivity contribution is 7.89. The molecule has 29 heavy (non-hydrogen) atoms. The number of nitrogens with one attached hydrogen (secondary N) is 1. The minimum atomic E-state index is -3.48. The molecule has 8 heteroatoms. The normalized spacial score (nSPS) is 17.4. The van der Waals surface area contributed by atoms with Crippen molar-refractivity contribution < 1.29 is 13.2 Å². The molecule has 1 aliphatic rings. The average molecular weight is 436 g/mol. The molecule has 1 aromatic carbocycles. The second kappa shape index (κ2) is 9.38. The van der Waals surface area contributed by atoms with Gasteiger partial charge >= 0.3 is 0 Å². The SMILES string of the molecule is Cc1ccc(S(=O)(=O)N2CCN(CC(=O)NC(c3cccs3)C(C)C)CC2)cc1. The number of amides is 1. The zero-order valence-electron chi connectivity index (χ0n) is 17.2. The maximum absolute atomic E-state index is 12.8. The van der Waals surface area contributed by atoms with E-state index >= 15 is 0 Å². The molecule has 1 N–H and O–H groups in total. The minimum Gasteiger partial charge on any atom is -0.347 e. The van der Waals surface area contributed by atoms with Gasteiger partial charge in [0.1, 0.15) is 0 Å². The fourth-order valence-corrected chi connectivity index (χ4v) is 5.82. The summed E-state index contributed by atoms with van der Waals surface area (Å²) >= 11 is 1.65. The van der Waals surface area contributed by atoms with Gasteiger partial charge in [-0.25, -0.2) is 8.42 Å². The van der Waals surface area contributed by atoms with Crippen LogP contribution in [-0.2, 0) is 14.8 Å². The Morgan fingerprint density at radius 3 is 2.31 bits per heavy atom. The summed E-state index contributed by atoms with van der Waals surface area (Å²) in [6.45, 7) is 8.28. The van der Waals surface area contributed by atoms with E-state index in [1.807, 2.05) is 41.5 Å². The Balaban J connectivity index is 1.54. The van der Waals surface area contributed by atoms with Crippen molar-refractivity contribution >= 4 is 27.3 Å². The van der Waals surface area contributed by atoms with Crippen molar-refractivity contribution in [3.05, 3.63) is 52.2 Å². The molecule has 1 atom stereocenters. The monoisotopic (exact) mass is 435 g/mol. The number of nitrogens with zero attached hydrogens (tertiary/aromatic N) is 2. The van der Waals surface area contributed by atoms with E-state index in [2.05, 4.69) is 19.2 Å². The van der Waals surface area contributed by atoms with E-state index in [1.54, 1.807) is 23.5 Å². The van der Waals surface area contributed by atoms with E-state index in [1.165, 1.54) is 4.31 Å². The standard InChI is InChI=1S/C21H29N3O3S2/c1-16(2)21(19-5-4-14-28-19)22-20(25)15-23-10-12-24(13-11-23)29(26,27)18-8-6-17(3)7-9-18/h4-9,14,16,21H,10-13,15H2,1-3H3,(H,22,25). The second-order valence-corrected chi connectivity index (χ2v) is 10.7. The maximum atomic E-state index is 12.8. The highest BCUT2D eigenvalue weighted by Crippen LogP contribution is 2.25. The van der Waals surface area contributed by atoms with E-state index < -0.39 is 10.0 Å². The summed E-state index contributed by atoms with van der Waals surface area (Å²) < 4.78 is 27.1. The number of sulfonamides is 1. The topological polar surface area (TPSA) is 69.7 Å². The average Bonchev–Trinajstić information content (AvgIpc) is 3.21. The van der Waals surface area contributed by atoms with Crippen LogP contribution in [0.3, 0.4) is 0 Å². The van der Waals surface area contributed by atoms with Gasteiger partial charge in [0.05, 0.1) is 17.5 Å². The Labute approximate surface area is 177 Å². The van der Waals surface area contributed by atoms with Crippen molar-refractivity contribution in [2.75, 3.05) is 32.7 Å². The predicted molar refractivity (Wildman–Crippen MR) is 116 cm³/mol. The molecule has 0 spiro atoms. The van der Waals surface area contributed by atoms with Crippen LogP contribution in [0.4, 0.5) is 0 Å². The molecule has 0 aliphatic carbocycles. The first-order valence-corrected chi connectivity index (χ1v) is 12.2. The maximum Gasteiger partial charge on any atom is 0.243 e.